The predicted octanol–water partition coefficient (Wildman–Crippen LogP) is 5.61. The number of piperidine rings is 1. The van der Waals surface area contributed by atoms with E-state index in [9.17, 15) is 4.79 Å². The molecule has 28 heavy (non-hydrogen) atoms. The molecule has 2 fully saturated rings. The Bertz CT molecular complexity index is 821. The Morgan fingerprint density at radius 2 is 1.61 bits per heavy atom. The molecule has 1 amide bonds. The average Bonchev–Trinajstić information content (AvgIpc) is 2.88. The van der Waals surface area contributed by atoms with Crippen molar-refractivity contribution in [3.8, 4) is 0 Å². The van der Waals surface area contributed by atoms with Crippen LogP contribution in [0.3, 0.4) is 0 Å². The molecule has 0 aromatic heterocycles. The van der Waals surface area contributed by atoms with E-state index in [4.69, 9.17) is 34.8 Å². The SMILES string of the molecule is O=C(NC1C[C@H]2CC[C@@H](C1)N2CCc1ccccc1)c1c(Cl)cc(Cl)cc1Cl. The molecule has 2 saturated heterocycles. The van der Waals surface area contributed by atoms with Gasteiger partial charge in [-0.3, -0.25) is 9.69 Å². The van der Waals surface area contributed by atoms with Crippen LogP contribution in [-0.2, 0) is 6.42 Å². The van der Waals surface area contributed by atoms with Crippen molar-refractivity contribution in [1.82, 2.24) is 10.2 Å². The van der Waals surface area contributed by atoms with Crippen LogP contribution in [0.2, 0.25) is 15.1 Å². The minimum atomic E-state index is -0.214. The lowest BCUT2D eigenvalue weighted by Gasteiger charge is -2.39. The van der Waals surface area contributed by atoms with E-state index in [0.29, 0.717) is 32.7 Å². The van der Waals surface area contributed by atoms with Gasteiger partial charge in [-0.2, -0.15) is 0 Å². The Hall–Kier alpha value is -1.26. The molecule has 0 aliphatic carbocycles. The highest BCUT2D eigenvalue weighted by atomic mass is 35.5. The van der Waals surface area contributed by atoms with Crippen molar-refractivity contribution in [3.05, 3.63) is 68.7 Å². The monoisotopic (exact) mass is 436 g/mol. The van der Waals surface area contributed by atoms with E-state index in [1.54, 1.807) is 12.1 Å². The van der Waals surface area contributed by atoms with Gasteiger partial charge in [0.05, 0.1) is 15.6 Å². The standard InChI is InChI=1S/C22H23Cl3N2O/c23-15-10-19(24)21(20(25)11-15)22(28)26-16-12-17-6-7-18(13-16)27(17)9-8-14-4-2-1-3-5-14/h1-5,10-11,16-18H,6-9,12-13H2,(H,26,28)/t16?,17-,18+. The Labute approximate surface area is 181 Å². The van der Waals surface area contributed by atoms with Crippen LogP contribution in [-0.4, -0.2) is 35.5 Å². The Morgan fingerprint density at radius 1 is 1.00 bits per heavy atom. The first-order chi connectivity index (χ1) is 13.5. The molecule has 3 nitrogen and oxygen atoms in total. The van der Waals surface area contributed by atoms with Crippen molar-refractivity contribution >= 4 is 40.7 Å². The summed E-state index contributed by atoms with van der Waals surface area (Å²) in [4.78, 5) is 15.4. The molecular formula is C22H23Cl3N2O. The van der Waals surface area contributed by atoms with Gasteiger partial charge < -0.3 is 5.32 Å². The number of nitrogens with one attached hydrogen (secondary N) is 1. The minimum absolute atomic E-state index is 0.154. The molecule has 2 bridgehead atoms. The molecule has 2 aromatic carbocycles. The molecule has 0 saturated carbocycles. The van der Waals surface area contributed by atoms with Crippen molar-refractivity contribution in [2.75, 3.05) is 6.54 Å². The summed E-state index contributed by atoms with van der Waals surface area (Å²) >= 11 is 18.4. The molecule has 2 aliphatic heterocycles. The zero-order chi connectivity index (χ0) is 19.7. The van der Waals surface area contributed by atoms with Crippen LogP contribution in [0.1, 0.15) is 41.6 Å². The molecule has 4 rings (SSSR count). The van der Waals surface area contributed by atoms with Gasteiger partial charge in [0, 0.05) is 29.7 Å². The molecule has 2 heterocycles. The van der Waals surface area contributed by atoms with Crippen LogP contribution in [0, 0.1) is 0 Å². The topological polar surface area (TPSA) is 32.3 Å². The molecule has 2 aromatic rings. The van der Waals surface area contributed by atoms with Crippen molar-refractivity contribution in [1.29, 1.82) is 0 Å². The number of amides is 1. The van der Waals surface area contributed by atoms with Crippen LogP contribution in [0.25, 0.3) is 0 Å². The first kappa shape index (κ1) is 20.0. The number of rotatable bonds is 5. The Kier molecular flexibility index (Phi) is 6.17. The smallest absolute Gasteiger partial charge is 0.254 e. The van der Waals surface area contributed by atoms with Crippen LogP contribution >= 0.6 is 34.8 Å². The number of hydrogen-bond donors (Lipinski definition) is 1. The third-order valence-electron chi connectivity index (χ3n) is 5.95. The van der Waals surface area contributed by atoms with Gasteiger partial charge in [0.15, 0.2) is 0 Å². The van der Waals surface area contributed by atoms with Gasteiger partial charge in [0.25, 0.3) is 5.91 Å². The third kappa shape index (κ3) is 4.33. The number of carbonyl (C=O) groups excluding carboxylic acids is 1. The summed E-state index contributed by atoms with van der Waals surface area (Å²) in [6, 6.07) is 15.0. The Balaban J connectivity index is 1.37. The first-order valence-corrected chi connectivity index (χ1v) is 10.9. The largest absolute Gasteiger partial charge is 0.349 e. The molecule has 0 spiro atoms. The maximum atomic E-state index is 12.8. The van der Waals surface area contributed by atoms with E-state index < -0.39 is 0 Å². The van der Waals surface area contributed by atoms with Gasteiger partial charge in [0.1, 0.15) is 0 Å². The zero-order valence-electron chi connectivity index (χ0n) is 15.5. The minimum Gasteiger partial charge on any atom is -0.349 e. The van der Waals surface area contributed by atoms with Crippen molar-refractivity contribution in [3.63, 3.8) is 0 Å². The molecule has 6 heteroatoms. The normalized spacial score (nSPS) is 24.3. The zero-order valence-corrected chi connectivity index (χ0v) is 17.8. The summed E-state index contributed by atoms with van der Waals surface area (Å²) < 4.78 is 0. The van der Waals surface area contributed by atoms with Crippen molar-refractivity contribution in [2.45, 2.75) is 50.2 Å². The van der Waals surface area contributed by atoms with Crippen LogP contribution < -0.4 is 5.32 Å². The first-order valence-electron chi connectivity index (χ1n) is 9.76. The number of carbonyl (C=O) groups is 1. The summed E-state index contributed by atoms with van der Waals surface area (Å²) in [5.74, 6) is -0.214. The van der Waals surface area contributed by atoms with E-state index in [0.717, 1.165) is 25.8 Å². The van der Waals surface area contributed by atoms with E-state index in [2.05, 4.69) is 40.5 Å². The van der Waals surface area contributed by atoms with Gasteiger partial charge in [-0.15, -0.1) is 0 Å². The number of benzene rings is 2. The molecule has 2 aliphatic rings. The Morgan fingerprint density at radius 3 is 2.21 bits per heavy atom. The molecular weight excluding hydrogens is 415 g/mol. The lowest BCUT2D eigenvalue weighted by atomic mass is 9.96. The highest BCUT2D eigenvalue weighted by molar-refractivity contribution is 6.42. The number of halogens is 3. The number of fused-ring (bicyclic) bond motifs is 2. The van der Waals surface area contributed by atoms with E-state index >= 15 is 0 Å². The maximum absolute atomic E-state index is 12.8. The van der Waals surface area contributed by atoms with E-state index in [-0.39, 0.29) is 11.9 Å². The summed E-state index contributed by atoms with van der Waals surface area (Å²) in [7, 11) is 0. The van der Waals surface area contributed by atoms with Gasteiger partial charge in [0.2, 0.25) is 0 Å². The molecule has 1 unspecified atom stereocenters. The second kappa shape index (κ2) is 8.62. The number of nitrogens with zero attached hydrogens (tertiary/aromatic N) is 1. The second-order valence-electron chi connectivity index (χ2n) is 7.74. The van der Waals surface area contributed by atoms with Crippen LogP contribution in [0.5, 0.6) is 0 Å². The second-order valence-corrected chi connectivity index (χ2v) is 9.00. The quantitative estimate of drug-likeness (QED) is 0.659. The van der Waals surface area contributed by atoms with Crippen LogP contribution in [0.15, 0.2) is 42.5 Å². The molecule has 0 radical (unpaired) electrons. The van der Waals surface area contributed by atoms with Gasteiger partial charge >= 0.3 is 0 Å². The van der Waals surface area contributed by atoms with Gasteiger partial charge in [-0.05, 0) is 49.8 Å². The molecule has 3 atom stereocenters. The van der Waals surface area contributed by atoms with E-state index in [1.165, 1.54) is 18.4 Å². The average molecular weight is 438 g/mol. The van der Waals surface area contributed by atoms with Gasteiger partial charge in [-0.1, -0.05) is 65.1 Å². The van der Waals surface area contributed by atoms with Crippen LogP contribution in [0.4, 0.5) is 0 Å². The lowest BCUT2D eigenvalue weighted by molar-refractivity contribution is 0.0848. The highest BCUT2D eigenvalue weighted by Crippen LogP contribution is 2.36. The van der Waals surface area contributed by atoms with E-state index in [1.807, 2.05) is 0 Å². The number of hydrogen-bond acceptors (Lipinski definition) is 2. The van der Waals surface area contributed by atoms with Crippen molar-refractivity contribution in [2.24, 2.45) is 0 Å². The van der Waals surface area contributed by atoms with Gasteiger partial charge in [-0.25, -0.2) is 0 Å². The maximum Gasteiger partial charge on any atom is 0.254 e. The molecule has 148 valence electrons. The van der Waals surface area contributed by atoms with Crippen molar-refractivity contribution < 1.29 is 4.79 Å². The highest BCUT2D eigenvalue weighted by Gasteiger charge is 2.40. The lowest BCUT2D eigenvalue weighted by Crippen LogP contribution is -2.50. The fourth-order valence-electron chi connectivity index (χ4n) is 4.68. The third-order valence-corrected chi connectivity index (χ3v) is 6.77. The summed E-state index contributed by atoms with van der Waals surface area (Å²) in [5, 5.41) is 4.16. The fraction of sp³-hybridized carbons (Fsp3) is 0.409. The summed E-state index contributed by atoms with van der Waals surface area (Å²) in [6.07, 6.45) is 5.42. The predicted molar refractivity (Wildman–Crippen MR) is 116 cm³/mol. The summed E-state index contributed by atoms with van der Waals surface area (Å²) in [5.41, 5.74) is 1.69. The summed E-state index contributed by atoms with van der Waals surface area (Å²) in [6.45, 7) is 1.08. The molecule has 1 N–H and O–H groups in total. The fourth-order valence-corrected chi connectivity index (χ4v) is 5.67.